The fourth-order valence-corrected chi connectivity index (χ4v) is 3.17. The Bertz CT molecular complexity index is 645. The molecule has 2 aromatic rings. The summed E-state index contributed by atoms with van der Waals surface area (Å²) in [4.78, 5) is 0. The summed E-state index contributed by atoms with van der Waals surface area (Å²) < 4.78 is 27.0. The fraction of sp³-hybridized carbons (Fsp3) is 0.417. The topological polar surface area (TPSA) is 64.0 Å². The van der Waals surface area contributed by atoms with Crippen LogP contribution in [0.3, 0.4) is 0 Å². The Balaban J connectivity index is 2.32. The average molecular weight is 299 g/mol. The van der Waals surface area contributed by atoms with E-state index < -0.39 is 10.0 Å². The summed E-state index contributed by atoms with van der Waals surface area (Å²) in [6, 6.07) is 3.87. The molecule has 104 valence electrons. The van der Waals surface area contributed by atoms with Crippen LogP contribution in [0, 0.1) is 13.8 Å². The standard InChI is InChI=1S/C12H17N3O2S2/c1-9-6-10(2)15(14-9)12(7-13-19(3,16)17)11-4-5-18-8-11/h4-6,8,12-13H,7H2,1-3H3/t12-/m1/s1. The van der Waals surface area contributed by atoms with Crippen molar-refractivity contribution in [2.75, 3.05) is 12.8 Å². The molecule has 0 saturated heterocycles. The molecule has 2 heterocycles. The monoisotopic (exact) mass is 299 g/mol. The maximum atomic E-state index is 11.3. The molecule has 0 aliphatic carbocycles. The molecule has 2 aromatic heterocycles. The van der Waals surface area contributed by atoms with Crippen LogP contribution in [0.4, 0.5) is 0 Å². The molecule has 0 amide bonds. The predicted octanol–water partition coefficient (Wildman–Crippen LogP) is 1.70. The Morgan fingerprint density at radius 2 is 2.21 bits per heavy atom. The van der Waals surface area contributed by atoms with E-state index in [9.17, 15) is 8.42 Å². The summed E-state index contributed by atoms with van der Waals surface area (Å²) in [5, 5.41) is 8.45. The van der Waals surface area contributed by atoms with E-state index in [-0.39, 0.29) is 6.04 Å². The normalized spacial score (nSPS) is 13.6. The molecule has 0 fully saturated rings. The summed E-state index contributed by atoms with van der Waals surface area (Å²) in [6.45, 7) is 4.20. The van der Waals surface area contributed by atoms with Crippen molar-refractivity contribution in [3.05, 3.63) is 39.8 Å². The van der Waals surface area contributed by atoms with Gasteiger partial charge in [0.15, 0.2) is 0 Å². The molecular formula is C12H17N3O2S2. The molecule has 5 nitrogen and oxygen atoms in total. The van der Waals surface area contributed by atoms with Gasteiger partial charge < -0.3 is 0 Å². The van der Waals surface area contributed by atoms with E-state index in [1.165, 1.54) is 6.26 Å². The van der Waals surface area contributed by atoms with E-state index in [0.717, 1.165) is 17.0 Å². The van der Waals surface area contributed by atoms with E-state index >= 15 is 0 Å². The number of rotatable bonds is 5. The second kappa shape index (κ2) is 5.44. The maximum absolute atomic E-state index is 11.3. The highest BCUT2D eigenvalue weighted by atomic mass is 32.2. The Hall–Kier alpha value is -1.18. The second-order valence-electron chi connectivity index (χ2n) is 4.56. The van der Waals surface area contributed by atoms with Crippen LogP contribution in [-0.2, 0) is 10.0 Å². The van der Waals surface area contributed by atoms with Crippen LogP contribution >= 0.6 is 11.3 Å². The minimum Gasteiger partial charge on any atom is -0.261 e. The lowest BCUT2D eigenvalue weighted by molar-refractivity contribution is 0.496. The van der Waals surface area contributed by atoms with E-state index in [4.69, 9.17) is 0 Å². The molecule has 7 heteroatoms. The lowest BCUT2D eigenvalue weighted by Gasteiger charge is -2.18. The van der Waals surface area contributed by atoms with Gasteiger partial charge in [-0.25, -0.2) is 13.1 Å². The van der Waals surface area contributed by atoms with E-state index in [0.29, 0.717) is 6.54 Å². The second-order valence-corrected chi connectivity index (χ2v) is 7.18. The Labute approximate surface area is 117 Å². The van der Waals surface area contributed by atoms with Crippen molar-refractivity contribution in [2.24, 2.45) is 0 Å². The summed E-state index contributed by atoms with van der Waals surface area (Å²) in [6.07, 6.45) is 1.17. The summed E-state index contributed by atoms with van der Waals surface area (Å²) in [7, 11) is -3.21. The number of thiophene rings is 1. The van der Waals surface area contributed by atoms with Crippen molar-refractivity contribution in [1.29, 1.82) is 0 Å². The highest BCUT2D eigenvalue weighted by Crippen LogP contribution is 2.22. The van der Waals surface area contributed by atoms with E-state index in [2.05, 4.69) is 9.82 Å². The average Bonchev–Trinajstić information content (AvgIpc) is 2.88. The lowest BCUT2D eigenvalue weighted by atomic mass is 10.1. The fourth-order valence-electron chi connectivity index (χ4n) is 2.00. The van der Waals surface area contributed by atoms with Crippen LogP contribution < -0.4 is 4.72 Å². The van der Waals surface area contributed by atoms with Crippen LogP contribution in [-0.4, -0.2) is 31.0 Å². The van der Waals surface area contributed by atoms with Crippen LogP contribution in [0.25, 0.3) is 0 Å². The quantitative estimate of drug-likeness (QED) is 0.914. The zero-order valence-corrected chi connectivity index (χ0v) is 12.8. The van der Waals surface area contributed by atoms with Gasteiger partial charge in [0.25, 0.3) is 0 Å². The molecule has 0 aliphatic heterocycles. The number of nitrogens with one attached hydrogen (secondary N) is 1. The van der Waals surface area contributed by atoms with Crippen molar-refractivity contribution >= 4 is 21.4 Å². The Morgan fingerprint density at radius 1 is 1.47 bits per heavy atom. The summed E-state index contributed by atoms with van der Waals surface area (Å²) >= 11 is 1.59. The maximum Gasteiger partial charge on any atom is 0.208 e. The van der Waals surface area contributed by atoms with Gasteiger partial charge in [0.2, 0.25) is 10.0 Å². The van der Waals surface area contributed by atoms with Gasteiger partial charge in [-0.05, 0) is 42.3 Å². The third-order valence-electron chi connectivity index (χ3n) is 2.81. The van der Waals surface area contributed by atoms with Gasteiger partial charge in [0.1, 0.15) is 0 Å². The summed E-state index contributed by atoms with van der Waals surface area (Å²) in [5.74, 6) is 0. The number of aromatic nitrogens is 2. The lowest BCUT2D eigenvalue weighted by Crippen LogP contribution is -2.31. The molecule has 1 N–H and O–H groups in total. The first kappa shape index (κ1) is 14.2. The SMILES string of the molecule is Cc1cc(C)n([C@H](CNS(C)(=O)=O)c2ccsc2)n1. The van der Waals surface area contributed by atoms with Gasteiger partial charge in [-0.1, -0.05) is 0 Å². The molecule has 0 spiro atoms. The number of nitrogens with zero attached hydrogens (tertiary/aromatic N) is 2. The number of sulfonamides is 1. The molecule has 2 rings (SSSR count). The molecule has 0 aromatic carbocycles. The molecule has 0 saturated carbocycles. The van der Waals surface area contributed by atoms with Crippen molar-refractivity contribution in [1.82, 2.24) is 14.5 Å². The van der Waals surface area contributed by atoms with Gasteiger partial charge >= 0.3 is 0 Å². The highest BCUT2D eigenvalue weighted by Gasteiger charge is 2.18. The molecule has 0 radical (unpaired) electrons. The van der Waals surface area contributed by atoms with Gasteiger partial charge in [-0.3, -0.25) is 4.68 Å². The minimum absolute atomic E-state index is 0.116. The minimum atomic E-state index is -3.21. The van der Waals surface area contributed by atoms with Crippen LogP contribution in [0.15, 0.2) is 22.9 Å². The number of aryl methyl sites for hydroxylation is 2. The molecule has 19 heavy (non-hydrogen) atoms. The van der Waals surface area contributed by atoms with Crippen LogP contribution in [0.2, 0.25) is 0 Å². The third-order valence-corrected chi connectivity index (χ3v) is 4.20. The molecule has 0 aliphatic rings. The van der Waals surface area contributed by atoms with E-state index in [1.807, 2.05) is 41.4 Å². The molecule has 0 bridgehead atoms. The first-order chi connectivity index (χ1) is 8.87. The van der Waals surface area contributed by atoms with Gasteiger partial charge in [-0.2, -0.15) is 16.4 Å². The van der Waals surface area contributed by atoms with Gasteiger partial charge in [0.05, 0.1) is 18.0 Å². The van der Waals surface area contributed by atoms with Crippen molar-refractivity contribution in [3.8, 4) is 0 Å². The molecule has 1 atom stereocenters. The zero-order valence-electron chi connectivity index (χ0n) is 11.1. The first-order valence-electron chi connectivity index (χ1n) is 5.86. The Kier molecular flexibility index (Phi) is 4.07. The molecule has 0 unspecified atom stereocenters. The van der Waals surface area contributed by atoms with Crippen molar-refractivity contribution in [3.63, 3.8) is 0 Å². The van der Waals surface area contributed by atoms with E-state index in [1.54, 1.807) is 11.3 Å². The number of hydrogen-bond acceptors (Lipinski definition) is 4. The zero-order chi connectivity index (χ0) is 14.0. The van der Waals surface area contributed by atoms with Crippen molar-refractivity contribution in [2.45, 2.75) is 19.9 Å². The van der Waals surface area contributed by atoms with Crippen LogP contribution in [0.5, 0.6) is 0 Å². The largest absolute Gasteiger partial charge is 0.261 e. The third kappa shape index (κ3) is 3.65. The predicted molar refractivity (Wildman–Crippen MR) is 77.0 cm³/mol. The molecular weight excluding hydrogens is 282 g/mol. The highest BCUT2D eigenvalue weighted by molar-refractivity contribution is 7.88. The van der Waals surface area contributed by atoms with Gasteiger partial charge in [-0.15, -0.1) is 0 Å². The van der Waals surface area contributed by atoms with Crippen LogP contribution in [0.1, 0.15) is 23.0 Å². The number of hydrogen-bond donors (Lipinski definition) is 1. The summed E-state index contributed by atoms with van der Waals surface area (Å²) in [5.41, 5.74) is 3.01. The first-order valence-corrected chi connectivity index (χ1v) is 8.70. The van der Waals surface area contributed by atoms with Crippen molar-refractivity contribution < 1.29 is 8.42 Å². The van der Waals surface area contributed by atoms with Gasteiger partial charge in [0, 0.05) is 12.2 Å². The smallest absolute Gasteiger partial charge is 0.208 e. The Morgan fingerprint density at radius 3 is 2.68 bits per heavy atom.